The topological polar surface area (TPSA) is 67.6 Å². The summed E-state index contributed by atoms with van der Waals surface area (Å²) in [6.45, 7) is 0.622. The van der Waals surface area contributed by atoms with Crippen molar-refractivity contribution in [2.24, 2.45) is 0 Å². The van der Waals surface area contributed by atoms with Crippen molar-refractivity contribution in [3.63, 3.8) is 0 Å². The van der Waals surface area contributed by atoms with Crippen LogP contribution in [0.15, 0.2) is 42.5 Å². The third kappa shape index (κ3) is 3.15. The summed E-state index contributed by atoms with van der Waals surface area (Å²) >= 11 is 0. The largest absolute Gasteiger partial charge is 0.471 e. The Hall–Kier alpha value is -2.90. The monoisotopic (exact) mass is 377 g/mol. The second-order valence-electron chi connectivity index (χ2n) is 6.73. The van der Waals surface area contributed by atoms with Gasteiger partial charge in [0.15, 0.2) is 5.75 Å². The minimum atomic E-state index is -4.93. The predicted molar refractivity (Wildman–Crippen MR) is 94.7 cm³/mol. The Morgan fingerprint density at radius 1 is 1.19 bits per heavy atom. The molecule has 2 atom stereocenters. The van der Waals surface area contributed by atoms with Crippen LogP contribution in [-0.4, -0.2) is 24.7 Å². The number of carbonyl (C=O) groups is 1. The highest BCUT2D eigenvalue weighted by molar-refractivity contribution is 5.82. The summed E-state index contributed by atoms with van der Waals surface area (Å²) in [5, 5.41) is 2.18. The highest BCUT2D eigenvalue weighted by Gasteiger charge is 2.44. The first-order valence-electron chi connectivity index (χ1n) is 8.65. The van der Waals surface area contributed by atoms with E-state index >= 15 is 0 Å². The molecule has 27 heavy (non-hydrogen) atoms. The Bertz CT molecular complexity index is 885. The van der Waals surface area contributed by atoms with Gasteiger partial charge in [0.25, 0.3) is 0 Å². The summed E-state index contributed by atoms with van der Waals surface area (Å²) in [5.41, 5.74) is 7.91. The molecule has 0 spiro atoms. The van der Waals surface area contributed by atoms with Crippen molar-refractivity contribution in [2.45, 2.75) is 31.1 Å². The number of fused-ring (bicyclic) bond motifs is 5. The third-order valence-electron chi connectivity index (χ3n) is 4.96. The molecular weight excluding hydrogens is 359 g/mol. The van der Waals surface area contributed by atoms with E-state index in [0.717, 1.165) is 5.56 Å². The molecule has 142 valence electrons. The van der Waals surface area contributed by atoms with Gasteiger partial charge in [0.2, 0.25) is 0 Å². The first kappa shape index (κ1) is 17.5. The molecule has 4 rings (SSSR count). The number of para-hydroxylation sites is 1. The highest BCUT2D eigenvalue weighted by Crippen LogP contribution is 2.48. The summed E-state index contributed by atoms with van der Waals surface area (Å²) in [6.07, 6.45) is -3.85. The molecule has 2 aromatic carbocycles. The smallest absolute Gasteiger partial charge is 0.455 e. The normalized spacial score (nSPS) is 21.2. The summed E-state index contributed by atoms with van der Waals surface area (Å²) in [6, 6.07) is 11.2. The molecule has 3 N–H and O–H groups in total. The van der Waals surface area contributed by atoms with Crippen molar-refractivity contribution in [3.8, 4) is 11.5 Å². The summed E-state index contributed by atoms with van der Waals surface area (Å²) in [5.74, 6) is -0.782. The SMILES string of the molecule is Nc1ccc2c(c1)N1CCC[C@H](NC(=O)C(F)(F)F)[C@@H]1c1ccccc1O2. The Morgan fingerprint density at radius 2 is 1.96 bits per heavy atom. The van der Waals surface area contributed by atoms with E-state index in [1.807, 2.05) is 17.0 Å². The van der Waals surface area contributed by atoms with Crippen molar-refractivity contribution >= 4 is 17.3 Å². The molecule has 0 aromatic heterocycles. The van der Waals surface area contributed by atoms with Gasteiger partial charge in [-0.1, -0.05) is 18.2 Å². The van der Waals surface area contributed by atoms with Crippen LogP contribution in [0.1, 0.15) is 24.4 Å². The fraction of sp³-hybridized carbons (Fsp3) is 0.316. The summed E-state index contributed by atoms with van der Waals surface area (Å²) < 4.78 is 44.5. The van der Waals surface area contributed by atoms with E-state index in [0.29, 0.717) is 42.3 Å². The minimum Gasteiger partial charge on any atom is -0.455 e. The average Bonchev–Trinajstić information content (AvgIpc) is 2.76. The number of hydrogen-bond donors (Lipinski definition) is 2. The number of nitrogens with zero attached hydrogens (tertiary/aromatic N) is 1. The minimum absolute atomic E-state index is 0.439. The average molecular weight is 377 g/mol. The number of halogens is 3. The molecule has 0 unspecified atom stereocenters. The zero-order valence-corrected chi connectivity index (χ0v) is 14.3. The lowest BCUT2D eigenvalue weighted by Gasteiger charge is -2.42. The predicted octanol–water partition coefficient (Wildman–Crippen LogP) is 3.76. The maximum absolute atomic E-state index is 12.8. The van der Waals surface area contributed by atoms with E-state index < -0.39 is 24.2 Å². The van der Waals surface area contributed by atoms with Gasteiger partial charge in [-0.05, 0) is 37.1 Å². The number of nitrogens with two attached hydrogens (primary N) is 1. The van der Waals surface area contributed by atoms with Gasteiger partial charge in [0.05, 0.1) is 17.8 Å². The number of benzene rings is 2. The molecule has 0 saturated carbocycles. The van der Waals surface area contributed by atoms with Crippen LogP contribution in [0, 0.1) is 0 Å². The van der Waals surface area contributed by atoms with Crippen LogP contribution < -0.4 is 20.7 Å². The van der Waals surface area contributed by atoms with Gasteiger partial charge >= 0.3 is 12.1 Å². The molecule has 1 fully saturated rings. The van der Waals surface area contributed by atoms with Gasteiger partial charge < -0.3 is 20.7 Å². The zero-order chi connectivity index (χ0) is 19.2. The molecule has 0 radical (unpaired) electrons. The zero-order valence-electron chi connectivity index (χ0n) is 14.3. The molecule has 5 nitrogen and oxygen atoms in total. The van der Waals surface area contributed by atoms with Crippen molar-refractivity contribution in [1.82, 2.24) is 5.32 Å². The van der Waals surface area contributed by atoms with Crippen molar-refractivity contribution in [3.05, 3.63) is 48.0 Å². The highest BCUT2D eigenvalue weighted by atomic mass is 19.4. The van der Waals surface area contributed by atoms with E-state index in [1.54, 1.807) is 30.3 Å². The van der Waals surface area contributed by atoms with Crippen molar-refractivity contribution in [2.75, 3.05) is 17.2 Å². The van der Waals surface area contributed by atoms with Crippen LogP contribution in [0.3, 0.4) is 0 Å². The number of nitrogen functional groups attached to an aromatic ring is 1. The molecule has 0 bridgehead atoms. The number of carbonyl (C=O) groups excluding carboxylic acids is 1. The molecule has 2 aliphatic rings. The number of rotatable bonds is 1. The van der Waals surface area contributed by atoms with Crippen LogP contribution in [-0.2, 0) is 4.79 Å². The number of alkyl halides is 3. The number of amides is 1. The van der Waals surface area contributed by atoms with E-state index in [-0.39, 0.29) is 0 Å². The molecule has 8 heteroatoms. The van der Waals surface area contributed by atoms with Gasteiger partial charge in [-0.15, -0.1) is 0 Å². The lowest BCUT2D eigenvalue weighted by molar-refractivity contribution is -0.174. The van der Waals surface area contributed by atoms with Gasteiger partial charge in [0, 0.05) is 17.8 Å². The van der Waals surface area contributed by atoms with E-state index in [4.69, 9.17) is 10.5 Å². The first-order chi connectivity index (χ1) is 12.8. The van der Waals surface area contributed by atoms with E-state index in [2.05, 4.69) is 5.32 Å². The maximum atomic E-state index is 12.8. The number of piperidine rings is 1. The number of hydrogen-bond acceptors (Lipinski definition) is 4. The molecule has 1 saturated heterocycles. The molecule has 2 aliphatic heterocycles. The second kappa shape index (κ2) is 6.37. The fourth-order valence-corrected chi connectivity index (χ4v) is 3.83. The van der Waals surface area contributed by atoms with E-state index in [1.165, 1.54) is 0 Å². The lowest BCUT2D eigenvalue weighted by Crippen LogP contribution is -2.52. The van der Waals surface area contributed by atoms with Gasteiger partial charge in [0.1, 0.15) is 5.75 Å². The Balaban J connectivity index is 1.81. The standard InChI is InChI=1S/C19H18F3N3O2/c20-19(21,22)18(26)24-13-5-3-9-25-14-10-11(23)7-8-16(14)27-15-6-2-1-4-12(15)17(13)25/h1-2,4,6-8,10,13,17H,3,5,9,23H2,(H,24,26)/t13-,17-/m0/s1. The molecular formula is C19H18F3N3O2. The summed E-state index contributed by atoms with van der Waals surface area (Å²) in [4.78, 5) is 13.6. The molecule has 2 heterocycles. The van der Waals surface area contributed by atoms with Crippen LogP contribution in [0.2, 0.25) is 0 Å². The maximum Gasteiger partial charge on any atom is 0.471 e. The quantitative estimate of drug-likeness (QED) is 0.743. The van der Waals surface area contributed by atoms with Crippen LogP contribution in [0.25, 0.3) is 0 Å². The number of anilines is 2. The number of ether oxygens (including phenoxy) is 1. The van der Waals surface area contributed by atoms with Gasteiger partial charge in [-0.2, -0.15) is 13.2 Å². The Kier molecular flexibility index (Phi) is 4.13. The van der Waals surface area contributed by atoms with Crippen LogP contribution in [0.5, 0.6) is 11.5 Å². The van der Waals surface area contributed by atoms with Crippen LogP contribution in [0.4, 0.5) is 24.5 Å². The third-order valence-corrected chi connectivity index (χ3v) is 4.96. The van der Waals surface area contributed by atoms with Crippen LogP contribution >= 0.6 is 0 Å². The lowest BCUT2D eigenvalue weighted by atomic mass is 9.89. The number of nitrogens with one attached hydrogen (secondary N) is 1. The first-order valence-corrected chi connectivity index (χ1v) is 8.65. The Morgan fingerprint density at radius 3 is 2.74 bits per heavy atom. The van der Waals surface area contributed by atoms with Gasteiger partial charge in [-0.25, -0.2) is 0 Å². The fourth-order valence-electron chi connectivity index (χ4n) is 3.83. The summed E-state index contributed by atoms with van der Waals surface area (Å²) in [7, 11) is 0. The second-order valence-corrected chi connectivity index (χ2v) is 6.73. The van der Waals surface area contributed by atoms with Crippen molar-refractivity contribution < 1.29 is 22.7 Å². The van der Waals surface area contributed by atoms with Gasteiger partial charge in [-0.3, -0.25) is 4.79 Å². The van der Waals surface area contributed by atoms with Crippen molar-refractivity contribution in [1.29, 1.82) is 0 Å². The molecule has 1 amide bonds. The Labute approximate surface area is 153 Å². The molecule has 2 aromatic rings. The van der Waals surface area contributed by atoms with E-state index in [9.17, 15) is 18.0 Å². The molecule has 0 aliphatic carbocycles.